The molecule has 2 heterocycles. The molecule has 0 aliphatic carbocycles. The molecule has 0 spiro atoms. The van der Waals surface area contributed by atoms with Crippen molar-refractivity contribution in [1.29, 1.82) is 0 Å². The number of amides is 4. The van der Waals surface area contributed by atoms with E-state index < -0.39 is 29.7 Å². The van der Waals surface area contributed by atoms with Gasteiger partial charge in [-0.25, -0.2) is 0 Å². The van der Waals surface area contributed by atoms with Crippen LogP contribution in [0.1, 0.15) is 72.6 Å². The van der Waals surface area contributed by atoms with Crippen LogP contribution in [-0.4, -0.2) is 93.3 Å². The van der Waals surface area contributed by atoms with E-state index in [0.29, 0.717) is 58.3 Å². The maximum absolute atomic E-state index is 13.1. The summed E-state index contributed by atoms with van der Waals surface area (Å²) in [5, 5.41) is 5.31. The third-order valence-electron chi connectivity index (χ3n) is 6.50. The van der Waals surface area contributed by atoms with Gasteiger partial charge in [-0.05, 0) is 25.0 Å². The van der Waals surface area contributed by atoms with Gasteiger partial charge in [-0.3, -0.25) is 34.2 Å². The molecule has 4 amide bonds. The van der Waals surface area contributed by atoms with Crippen LogP contribution in [-0.2, 0) is 33.3 Å². The lowest BCUT2D eigenvalue weighted by atomic mass is 10.0. The summed E-state index contributed by atoms with van der Waals surface area (Å²) in [6.45, 7) is 4.94. The molecular formula is C28H39N3O9. The van der Waals surface area contributed by atoms with Crippen molar-refractivity contribution in [3.63, 3.8) is 0 Å². The largest absolute Gasteiger partial charge is 0.463 e. The van der Waals surface area contributed by atoms with E-state index in [1.165, 1.54) is 0 Å². The predicted octanol–water partition coefficient (Wildman–Crippen LogP) is 2.06. The number of nitrogens with one attached hydrogen (secondary N) is 2. The molecule has 0 aromatic heterocycles. The Bertz CT molecular complexity index is 1050. The Labute approximate surface area is 234 Å². The van der Waals surface area contributed by atoms with Gasteiger partial charge in [-0.1, -0.05) is 32.3 Å². The van der Waals surface area contributed by atoms with Gasteiger partial charge in [0.25, 0.3) is 11.8 Å². The van der Waals surface area contributed by atoms with Crippen LogP contribution < -0.4 is 10.6 Å². The Morgan fingerprint density at radius 2 is 1.62 bits per heavy atom. The molecule has 1 aromatic carbocycles. The number of nitrogens with zero attached hydrogens (tertiary/aromatic N) is 1. The first-order chi connectivity index (χ1) is 19.4. The Morgan fingerprint density at radius 3 is 2.33 bits per heavy atom. The predicted molar refractivity (Wildman–Crippen MR) is 144 cm³/mol. The van der Waals surface area contributed by atoms with Crippen LogP contribution in [0.25, 0.3) is 0 Å². The summed E-state index contributed by atoms with van der Waals surface area (Å²) in [4.78, 5) is 62.2. The first-order valence-electron chi connectivity index (χ1n) is 13.9. The second kappa shape index (κ2) is 16.7. The van der Waals surface area contributed by atoms with Crippen molar-refractivity contribution in [2.45, 2.75) is 57.9 Å². The number of carbonyl (C=O) groups is 5. The summed E-state index contributed by atoms with van der Waals surface area (Å²) in [7, 11) is 0. The normalized spacial score (nSPS) is 16.7. The molecule has 12 nitrogen and oxygen atoms in total. The fourth-order valence-corrected chi connectivity index (χ4v) is 4.44. The van der Waals surface area contributed by atoms with Crippen LogP contribution in [0.2, 0.25) is 0 Å². The van der Waals surface area contributed by atoms with E-state index in [1.54, 1.807) is 18.2 Å². The summed E-state index contributed by atoms with van der Waals surface area (Å²) >= 11 is 0. The molecule has 2 aliphatic heterocycles. The lowest BCUT2D eigenvalue weighted by molar-refractivity contribution is -0.145. The number of anilines is 1. The number of fused-ring (bicyclic) bond motifs is 1. The minimum Gasteiger partial charge on any atom is -0.463 e. The van der Waals surface area contributed by atoms with Gasteiger partial charge in [0, 0.05) is 25.1 Å². The number of ether oxygens (including phenoxy) is 4. The molecule has 1 saturated heterocycles. The molecular weight excluding hydrogens is 522 g/mol. The fourth-order valence-electron chi connectivity index (χ4n) is 4.44. The average molecular weight is 562 g/mol. The molecule has 3 rings (SSSR count). The quantitative estimate of drug-likeness (QED) is 0.146. The Kier molecular flexibility index (Phi) is 13.0. The van der Waals surface area contributed by atoms with Crippen molar-refractivity contribution >= 4 is 35.3 Å². The van der Waals surface area contributed by atoms with Crippen molar-refractivity contribution in [2.75, 3.05) is 58.1 Å². The van der Waals surface area contributed by atoms with E-state index in [0.717, 1.165) is 30.6 Å². The minimum absolute atomic E-state index is 0.0689. The zero-order valence-corrected chi connectivity index (χ0v) is 23.0. The molecule has 0 saturated carbocycles. The van der Waals surface area contributed by atoms with E-state index >= 15 is 0 Å². The van der Waals surface area contributed by atoms with E-state index in [-0.39, 0.29) is 36.5 Å². The maximum Gasteiger partial charge on any atom is 0.305 e. The SMILES string of the molecule is CCCCCCC(=O)OCCOCCOCCOCCNc1cccc2c1C(=O)N(C1CCC(=O)NC1=O)C2=O. The maximum atomic E-state index is 13.1. The number of piperidine rings is 1. The summed E-state index contributed by atoms with van der Waals surface area (Å²) in [5.74, 6) is -2.35. The number of hydrogen-bond acceptors (Lipinski definition) is 10. The van der Waals surface area contributed by atoms with E-state index in [9.17, 15) is 24.0 Å². The van der Waals surface area contributed by atoms with Gasteiger partial charge >= 0.3 is 5.97 Å². The van der Waals surface area contributed by atoms with Gasteiger partial charge in [0.1, 0.15) is 12.6 Å². The molecule has 0 bridgehead atoms. The Hall–Kier alpha value is -3.35. The first kappa shape index (κ1) is 31.2. The smallest absolute Gasteiger partial charge is 0.305 e. The fraction of sp³-hybridized carbons (Fsp3) is 0.607. The van der Waals surface area contributed by atoms with Crippen molar-refractivity contribution in [3.8, 4) is 0 Å². The second-order valence-electron chi connectivity index (χ2n) is 9.47. The minimum atomic E-state index is -1.01. The number of carbonyl (C=O) groups excluding carboxylic acids is 5. The van der Waals surface area contributed by atoms with Crippen LogP contribution in [0, 0.1) is 0 Å². The lowest BCUT2D eigenvalue weighted by Crippen LogP contribution is -2.54. The lowest BCUT2D eigenvalue weighted by Gasteiger charge is -2.27. The molecule has 2 aliphatic rings. The zero-order chi connectivity index (χ0) is 28.7. The number of imide groups is 2. The molecule has 220 valence electrons. The van der Waals surface area contributed by atoms with Crippen LogP contribution in [0.3, 0.4) is 0 Å². The van der Waals surface area contributed by atoms with Crippen molar-refractivity contribution in [3.05, 3.63) is 29.3 Å². The van der Waals surface area contributed by atoms with Gasteiger partial charge < -0.3 is 24.3 Å². The topological polar surface area (TPSA) is 150 Å². The van der Waals surface area contributed by atoms with Crippen molar-refractivity contribution in [2.24, 2.45) is 0 Å². The first-order valence-corrected chi connectivity index (χ1v) is 13.9. The van der Waals surface area contributed by atoms with Gasteiger partial charge in [0.2, 0.25) is 11.8 Å². The van der Waals surface area contributed by atoms with Crippen LogP contribution in [0.4, 0.5) is 5.69 Å². The molecule has 2 N–H and O–H groups in total. The third-order valence-corrected chi connectivity index (χ3v) is 6.50. The van der Waals surface area contributed by atoms with Crippen LogP contribution >= 0.6 is 0 Å². The summed E-state index contributed by atoms with van der Waals surface area (Å²) < 4.78 is 21.5. The number of unbranched alkanes of at least 4 members (excludes halogenated alkanes) is 3. The molecule has 1 aromatic rings. The summed E-state index contributed by atoms with van der Waals surface area (Å²) in [6, 6.07) is 3.90. The molecule has 0 radical (unpaired) electrons. The second-order valence-corrected chi connectivity index (χ2v) is 9.47. The number of benzene rings is 1. The Balaban J connectivity index is 1.24. The molecule has 12 heteroatoms. The third kappa shape index (κ3) is 9.10. The zero-order valence-electron chi connectivity index (χ0n) is 23.0. The van der Waals surface area contributed by atoms with Gasteiger partial charge in [0.15, 0.2) is 0 Å². The highest BCUT2D eigenvalue weighted by molar-refractivity contribution is 6.25. The average Bonchev–Trinajstić information content (AvgIpc) is 3.19. The van der Waals surface area contributed by atoms with Gasteiger partial charge in [-0.2, -0.15) is 0 Å². The van der Waals surface area contributed by atoms with Gasteiger partial charge in [-0.15, -0.1) is 0 Å². The highest BCUT2D eigenvalue weighted by Crippen LogP contribution is 2.32. The molecule has 1 atom stereocenters. The highest BCUT2D eigenvalue weighted by Gasteiger charge is 2.45. The van der Waals surface area contributed by atoms with Crippen molar-refractivity contribution < 1.29 is 42.9 Å². The molecule has 1 fully saturated rings. The summed E-state index contributed by atoms with van der Waals surface area (Å²) in [6.07, 6.45) is 4.80. The number of hydrogen-bond donors (Lipinski definition) is 2. The van der Waals surface area contributed by atoms with Gasteiger partial charge in [0.05, 0.1) is 50.8 Å². The number of esters is 1. The Morgan fingerprint density at radius 1 is 0.925 bits per heavy atom. The van der Waals surface area contributed by atoms with E-state index in [4.69, 9.17) is 18.9 Å². The van der Waals surface area contributed by atoms with Crippen LogP contribution in [0.15, 0.2) is 18.2 Å². The molecule has 40 heavy (non-hydrogen) atoms. The van der Waals surface area contributed by atoms with E-state index in [2.05, 4.69) is 17.6 Å². The number of rotatable bonds is 19. The summed E-state index contributed by atoms with van der Waals surface area (Å²) in [5.41, 5.74) is 0.906. The van der Waals surface area contributed by atoms with Crippen molar-refractivity contribution in [1.82, 2.24) is 10.2 Å². The van der Waals surface area contributed by atoms with E-state index in [1.807, 2.05) is 0 Å². The molecule has 1 unspecified atom stereocenters. The van der Waals surface area contributed by atoms with Crippen LogP contribution in [0.5, 0.6) is 0 Å². The highest BCUT2D eigenvalue weighted by atomic mass is 16.6. The standard InChI is InChI=1S/C28H39N3O9/c1-2-3-4-5-9-24(33)40-19-18-39-17-16-38-15-14-37-13-12-29-21-8-6-7-20-25(21)28(36)31(27(20)35)22-10-11-23(32)30-26(22)34/h6-8,22,29H,2-5,9-19H2,1H3,(H,30,32,34). The monoisotopic (exact) mass is 561 g/mol.